The number of rotatable bonds is 6. The quantitative estimate of drug-likeness (QED) is 0.788. The monoisotopic (exact) mass is 342 g/mol. The molecule has 1 atom stereocenters. The van der Waals surface area contributed by atoms with Crippen LogP contribution in [0.25, 0.3) is 0 Å². The zero-order valence-corrected chi connectivity index (χ0v) is 15.4. The normalized spacial score (nSPS) is 23.4. The van der Waals surface area contributed by atoms with Gasteiger partial charge in [0, 0.05) is 45.3 Å². The number of hydrogen-bond acceptors (Lipinski definition) is 5. The van der Waals surface area contributed by atoms with Crippen molar-refractivity contribution in [1.82, 2.24) is 14.7 Å². The molecule has 25 heavy (non-hydrogen) atoms. The van der Waals surface area contributed by atoms with E-state index in [1.807, 2.05) is 12.1 Å². The Morgan fingerprint density at radius 3 is 2.48 bits per heavy atom. The molecule has 1 aromatic carbocycles. The molecule has 5 nitrogen and oxygen atoms in total. The summed E-state index contributed by atoms with van der Waals surface area (Å²) in [5, 5.41) is 8.89. The summed E-state index contributed by atoms with van der Waals surface area (Å²) in [6.45, 7) is 13.1. The standard InChI is InChI=1S/C20H30N4O/c1-18-16-23(17-20-5-3-19(15-21)4-6-20)9-10-24(18)8-2-7-22-11-13-25-14-12-22/h3-6,18H,2,7-14,16-17H2,1H3/t18-/m0/s1. The zero-order valence-electron chi connectivity index (χ0n) is 15.4. The SMILES string of the molecule is C[C@H]1CN(Cc2ccc(C#N)cc2)CCN1CCCN1CCOCC1. The maximum atomic E-state index is 8.89. The average molecular weight is 342 g/mol. The van der Waals surface area contributed by atoms with Crippen LogP contribution in [-0.2, 0) is 11.3 Å². The Balaban J connectivity index is 1.38. The number of morpholine rings is 1. The summed E-state index contributed by atoms with van der Waals surface area (Å²) in [6.07, 6.45) is 1.25. The molecular formula is C20H30N4O. The number of hydrogen-bond donors (Lipinski definition) is 0. The van der Waals surface area contributed by atoms with Crippen molar-refractivity contribution in [3.05, 3.63) is 35.4 Å². The van der Waals surface area contributed by atoms with Crippen molar-refractivity contribution in [2.75, 3.05) is 59.0 Å². The third-order valence-corrected chi connectivity index (χ3v) is 5.36. The second kappa shape index (κ2) is 9.30. The van der Waals surface area contributed by atoms with Crippen molar-refractivity contribution < 1.29 is 4.74 Å². The van der Waals surface area contributed by atoms with E-state index in [1.54, 1.807) is 0 Å². The molecule has 5 heteroatoms. The first-order chi connectivity index (χ1) is 12.2. The predicted molar refractivity (Wildman–Crippen MR) is 99.3 cm³/mol. The Morgan fingerprint density at radius 2 is 1.80 bits per heavy atom. The molecule has 2 aliphatic heterocycles. The minimum Gasteiger partial charge on any atom is -0.379 e. The Kier molecular flexibility index (Phi) is 6.83. The topological polar surface area (TPSA) is 42.7 Å². The second-order valence-corrected chi connectivity index (χ2v) is 7.24. The number of piperazine rings is 1. The van der Waals surface area contributed by atoms with Crippen LogP contribution in [0.15, 0.2) is 24.3 Å². The maximum Gasteiger partial charge on any atom is 0.0991 e. The van der Waals surface area contributed by atoms with Gasteiger partial charge in [-0.05, 0) is 44.1 Å². The third kappa shape index (κ3) is 5.52. The van der Waals surface area contributed by atoms with Gasteiger partial charge in [0.1, 0.15) is 0 Å². The molecule has 0 N–H and O–H groups in total. The van der Waals surface area contributed by atoms with E-state index in [9.17, 15) is 0 Å². The summed E-state index contributed by atoms with van der Waals surface area (Å²) in [4.78, 5) is 7.69. The van der Waals surface area contributed by atoms with Gasteiger partial charge in [-0.25, -0.2) is 0 Å². The Morgan fingerprint density at radius 1 is 1.04 bits per heavy atom. The molecule has 0 unspecified atom stereocenters. The van der Waals surface area contributed by atoms with Gasteiger partial charge in [0.25, 0.3) is 0 Å². The van der Waals surface area contributed by atoms with Crippen molar-refractivity contribution in [2.45, 2.75) is 25.9 Å². The first-order valence-electron chi connectivity index (χ1n) is 9.50. The highest BCUT2D eigenvalue weighted by atomic mass is 16.5. The largest absolute Gasteiger partial charge is 0.379 e. The van der Waals surface area contributed by atoms with E-state index < -0.39 is 0 Å². The van der Waals surface area contributed by atoms with E-state index in [-0.39, 0.29) is 0 Å². The minimum absolute atomic E-state index is 0.608. The van der Waals surface area contributed by atoms with Gasteiger partial charge in [0.05, 0.1) is 24.8 Å². The molecule has 2 heterocycles. The van der Waals surface area contributed by atoms with Crippen LogP contribution in [0, 0.1) is 11.3 Å². The van der Waals surface area contributed by atoms with Gasteiger partial charge in [0.15, 0.2) is 0 Å². The fourth-order valence-electron chi connectivity index (χ4n) is 3.81. The summed E-state index contributed by atoms with van der Waals surface area (Å²) in [7, 11) is 0. The summed E-state index contributed by atoms with van der Waals surface area (Å²) >= 11 is 0. The van der Waals surface area contributed by atoms with Gasteiger partial charge >= 0.3 is 0 Å². The highest BCUT2D eigenvalue weighted by molar-refractivity contribution is 5.31. The molecule has 0 saturated carbocycles. The van der Waals surface area contributed by atoms with E-state index >= 15 is 0 Å². The fraction of sp³-hybridized carbons (Fsp3) is 0.650. The van der Waals surface area contributed by atoms with Gasteiger partial charge in [0.2, 0.25) is 0 Å². The first-order valence-corrected chi connectivity index (χ1v) is 9.50. The number of nitrogens with zero attached hydrogens (tertiary/aromatic N) is 4. The molecule has 3 rings (SSSR count). The predicted octanol–water partition coefficient (Wildman–Crippen LogP) is 1.79. The lowest BCUT2D eigenvalue weighted by Crippen LogP contribution is -2.52. The van der Waals surface area contributed by atoms with Gasteiger partial charge in [-0.2, -0.15) is 5.26 Å². The molecule has 2 aliphatic rings. The molecule has 0 aliphatic carbocycles. The van der Waals surface area contributed by atoms with Gasteiger partial charge < -0.3 is 4.74 Å². The molecule has 2 fully saturated rings. The summed E-state index contributed by atoms with van der Waals surface area (Å²) < 4.78 is 5.41. The highest BCUT2D eigenvalue weighted by Crippen LogP contribution is 2.14. The van der Waals surface area contributed by atoms with Crippen molar-refractivity contribution >= 4 is 0 Å². The average Bonchev–Trinajstić information content (AvgIpc) is 2.65. The lowest BCUT2D eigenvalue weighted by atomic mass is 10.1. The van der Waals surface area contributed by atoms with Crippen LogP contribution in [0.3, 0.4) is 0 Å². The highest BCUT2D eigenvalue weighted by Gasteiger charge is 2.23. The van der Waals surface area contributed by atoms with Crippen molar-refractivity contribution in [2.24, 2.45) is 0 Å². The lowest BCUT2D eigenvalue weighted by Gasteiger charge is -2.40. The van der Waals surface area contributed by atoms with Crippen molar-refractivity contribution in [3.63, 3.8) is 0 Å². The van der Waals surface area contributed by atoms with Gasteiger partial charge in [-0.15, -0.1) is 0 Å². The summed E-state index contributed by atoms with van der Waals surface area (Å²) in [5.41, 5.74) is 2.04. The first kappa shape index (κ1) is 18.3. The Bertz CT molecular complexity index is 562. The van der Waals surface area contributed by atoms with Crippen LogP contribution in [0.2, 0.25) is 0 Å². The summed E-state index contributed by atoms with van der Waals surface area (Å²) in [5.74, 6) is 0. The molecular weight excluding hydrogens is 312 g/mol. The van der Waals surface area contributed by atoms with E-state index in [4.69, 9.17) is 10.00 Å². The van der Waals surface area contributed by atoms with Crippen LogP contribution < -0.4 is 0 Å². The second-order valence-electron chi connectivity index (χ2n) is 7.24. The van der Waals surface area contributed by atoms with E-state index in [1.165, 1.54) is 25.1 Å². The smallest absolute Gasteiger partial charge is 0.0991 e. The Hall–Kier alpha value is -1.45. The zero-order chi connectivity index (χ0) is 17.5. The minimum atomic E-state index is 0.608. The molecule has 2 saturated heterocycles. The molecule has 0 aromatic heterocycles. The molecule has 136 valence electrons. The number of ether oxygens (including phenoxy) is 1. The van der Waals surface area contributed by atoms with Crippen molar-refractivity contribution in [1.29, 1.82) is 5.26 Å². The van der Waals surface area contributed by atoms with E-state index in [0.29, 0.717) is 6.04 Å². The lowest BCUT2D eigenvalue weighted by molar-refractivity contribution is 0.0322. The van der Waals surface area contributed by atoms with Crippen LogP contribution in [0.5, 0.6) is 0 Å². The van der Waals surface area contributed by atoms with Crippen LogP contribution in [-0.4, -0.2) is 79.8 Å². The molecule has 1 aromatic rings. The third-order valence-electron chi connectivity index (χ3n) is 5.36. The van der Waals surface area contributed by atoms with E-state index in [2.05, 4.69) is 39.8 Å². The van der Waals surface area contributed by atoms with Crippen LogP contribution >= 0.6 is 0 Å². The van der Waals surface area contributed by atoms with E-state index in [0.717, 1.165) is 58.0 Å². The van der Waals surface area contributed by atoms with Crippen LogP contribution in [0.1, 0.15) is 24.5 Å². The molecule has 0 radical (unpaired) electrons. The van der Waals surface area contributed by atoms with Crippen molar-refractivity contribution in [3.8, 4) is 6.07 Å². The molecule has 0 spiro atoms. The number of benzene rings is 1. The summed E-state index contributed by atoms with van der Waals surface area (Å²) in [6, 6.07) is 10.8. The Labute approximate surface area is 151 Å². The maximum absolute atomic E-state index is 8.89. The van der Waals surface area contributed by atoms with Gasteiger partial charge in [-0.3, -0.25) is 14.7 Å². The molecule has 0 amide bonds. The molecule has 0 bridgehead atoms. The number of nitriles is 1. The van der Waals surface area contributed by atoms with Gasteiger partial charge in [-0.1, -0.05) is 12.1 Å². The van der Waals surface area contributed by atoms with Crippen LogP contribution in [0.4, 0.5) is 0 Å². The fourth-order valence-corrected chi connectivity index (χ4v) is 3.81.